The van der Waals surface area contributed by atoms with Crippen molar-refractivity contribution >= 4 is 5.69 Å². The average molecular weight is 231 g/mol. The van der Waals surface area contributed by atoms with Gasteiger partial charge in [-0.25, -0.2) is 0 Å². The van der Waals surface area contributed by atoms with Gasteiger partial charge in [-0.1, -0.05) is 25.1 Å². The molecule has 3 nitrogen and oxygen atoms in total. The number of nitrogens with zero attached hydrogens (tertiary/aromatic N) is 2. The van der Waals surface area contributed by atoms with Crippen molar-refractivity contribution in [1.82, 2.24) is 5.32 Å². The fraction of sp³-hybridized carbons (Fsp3) is 0.500. The molecule has 1 aromatic rings. The van der Waals surface area contributed by atoms with Crippen LogP contribution in [0.25, 0.3) is 0 Å². The maximum absolute atomic E-state index is 9.08. The van der Waals surface area contributed by atoms with Gasteiger partial charge in [-0.15, -0.1) is 0 Å². The second-order valence-corrected chi connectivity index (χ2v) is 4.06. The van der Waals surface area contributed by atoms with E-state index in [1.165, 1.54) is 11.3 Å². The summed E-state index contributed by atoms with van der Waals surface area (Å²) in [4.78, 5) is 2.24. The lowest BCUT2D eigenvalue weighted by atomic mass is 10.1. The van der Waals surface area contributed by atoms with E-state index < -0.39 is 0 Å². The van der Waals surface area contributed by atoms with Crippen LogP contribution in [-0.4, -0.2) is 25.7 Å². The second-order valence-electron chi connectivity index (χ2n) is 4.06. The van der Waals surface area contributed by atoms with E-state index in [2.05, 4.69) is 42.3 Å². The second kappa shape index (κ2) is 6.93. The number of hydrogen-bond donors (Lipinski definition) is 1. The largest absolute Gasteiger partial charge is 0.369 e. The number of benzene rings is 1. The molecule has 1 atom stereocenters. The van der Waals surface area contributed by atoms with E-state index >= 15 is 0 Å². The number of aryl methyl sites for hydroxylation is 1. The highest BCUT2D eigenvalue weighted by atomic mass is 15.1. The lowest BCUT2D eigenvalue weighted by Gasteiger charge is -2.27. The minimum Gasteiger partial charge on any atom is -0.369 e. The first-order valence-electron chi connectivity index (χ1n) is 6.16. The van der Waals surface area contributed by atoms with Crippen LogP contribution in [0.3, 0.4) is 0 Å². The van der Waals surface area contributed by atoms with E-state index in [0.717, 1.165) is 19.6 Å². The highest BCUT2D eigenvalue weighted by molar-refractivity contribution is 5.53. The Balaban J connectivity index is 2.79. The SMILES string of the molecule is CCNC(C#N)CN(CC)c1ccccc1C. The molecule has 1 N–H and O–H groups in total. The van der Waals surface area contributed by atoms with Gasteiger partial charge in [-0.2, -0.15) is 5.26 Å². The van der Waals surface area contributed by atoms with E-state index in [1.807, 2.05) is 19.1 Å². The zero-order valence-corrected chi connectivity index (χ0v) is 10.9. The van der Waals surface area contributed by atoms with Crippen molar-refractivity contribution in [1.29, 1.82) is 5.26 Å². The van der Waals surface area contributed by atoms with Gasteiger partial charge in [0, 0.05) is 18.8 Å². The Morgan fingerprint density at radius 3 is 2.59 bits per heavy atom. The van der Waals surface area contributed by atoms with Crippen molar-refractivity contribution < 1.29 is 0 Å². The van der Waals surface area contributed by atoms with E-state index in [-0.39, 0.29) is 6.04 Å². The van der Waals surface area contributed by atoms with Crippen LogP contribution in [-0.2, 0) is 0 Å². The quantitative estimate of drug-likeness (QED) is 0.816. The molecular formula is C14H21N3. The Bertz CT molecular complexity index is 381. The summed E-state index contributed by atoms with van der Waals surface area (Å²) in [6, 6.07) is 10.5. The summed E-state index contributed by atoms with van der Waals surface area (Å²) in [5.41, 5.74) is 2.47. The molecule has 0 aliphatic heterocycles. The summed E-state index contributed by atoms with van der Waals surface area (Å²) < 4.78 is 0. The van der Waals surface area contributed by atoms with Gasteiger partial charge in [-0.3, -0.25) is 0 Å². The molecule has 0 saturated heterocycles. The molecule has 0 heterocycles. The van der Waals surface area contributed by atoms with Crippen molar-refractivity contribution in [2.45, 2.75) is 26.8 Å². The van der Waals surface area contributed by atoms with Crippen molar-refractivity contribution in [3.05, 3.63) is 29.8 Å². The zero-order chi connectivity index (χ0) is 12.7. The summed E-state index contributed by atoms with van der Waals surface area (Å²) in [5.74, 6) is 0. The summed E-state index contributed by atoms with van der Waals surface area (Å²) >= 11 is 0. The first-order chi connectivity index (χ1) is 8.22. The van der Waals surface area contributed by atoms with Crippen LogP contribution in [0.2, 0.25) is 0 Å². The van der Waals surface area contributed by atoms with Gasteiger partial charge in [0.15, 0.2) is 0 Å². The number of anilines is 1. The lowest BCUT2D eigenvalue weighted by Crippen LogP contribution is -2.40. The summed E-state index contributed by atoms with van der Waals surface area (Å²) in [6.07, 6.45) is 0. The van der Waals surface area contributed by atoms with Gasteiger partial charge < -0.3 is 10.2 Å². The molecule has 0 aliphatic rings. The van der Waals surface area contributed by atoms with Gasteiger partial charge in [0.05, 0.1) is 6.07 Å². The van der Waals surface area contributed by atoms with E-state index in [1.54, 1.807) is 0 Å². The molecule has 92 valence electrons. The third-order valence-electron chi connectivity index (χ3n) is 2.85. The van der Waals surface area contributed by atoms with Crippen LogP contribution in [0.1, 0.15) is 19.4 Å². The van der Waals surface area contributed by atoms with Crippen molar-refractivity contribution in [3.63, 3.8) is 0 Å². The highest BCUT2D eigenvalue weighted by Crippen LogP contribution is 2.19. The van der Waals surface area contributed by atoms with Gasteiger partial charge >= 0.3 is 0 Å². The van der Waals surface area contributed by atoms with Crippen LogP contribution >= 0.6 is 0 Å². The molecule has 1 rings (SSSR count). The predicted molar refractivity (Wildman–Crippen MR) is 72.1 cm³/mol. The number of rotatable bonds is 6. The van der Waals surface area contributed by atoms with Gasteiger partial charge in [-0.05, 0) is 32.0 Å². The topological polar surface area (TPSA) is 39.1 Å². The Hall–Kier alpha value is -1.53. The molecule has 0 bridgehead atoms. The zero-order valence-electron chi connectivity index (χ0n) is 10.9. The third kappa shape index (κ3) is 3.76. The Morgan fingerprint density at radius 1 is 1.35 bits per heavy atom. The fourth-order valence-corrected chi connectivity index (χ4v) is 1.93. The van der Waals surface area contributed by atoms with Crippen LogP contribution in [0, 0.1) is 18.3 Å². The van der Waals surface area contributed by atoms with E-state index in [4.69, 9.17) is 5.26 Å². The smallest absolute Gasteiger partial charge is 0.113 e. The van der Waals surface area contributed by atoms with Crippen LogP contribution < -0.4 is 10.2 Å². The monoisotopic (exact) mass is 231 g/mol. The molecule has 0 amide bonds. The molecule has 0 aliphatic carbocycles. The molecule has 17 heavy (non-hydrogen) atoms. The van der Waals surface area contributed by atoms with Crippen LogP contribution in [0.15, 0.2) is 24.3 Å². The molecule has 0 spiro atoms. The Kier molecular flexibility index (Phi) is 5.51. The molecule has 1 unspecified atom stereocenters. The van der Waals surface area contributed by atoms with E-state index in [0.29, 0.717) is 0 Å². The molecule has 0 radical (unpaired) electrons. The standard InChI is InChI=1S/C14H21N3/c1-4-16-13(10-15)11-17(5-2)14-9-7-6-8-12(14)3/h6-9,13,16H,4-5,11H2,1-3H3. The van der Waals surface area contributed by atoms with E-state index in [9.17, 15) is 0 Å². The Labute approximate surface area is 104 Å². The van der Waals surface area contributed by atoms with Crippen LogP contribution in [0.4, 0.5) is 5.69 Å². The fourth-order valence-electron chi connectivity index (χ4n) is 1.93. The summed E-state index contributed by atoms with van der Waals surface area (Å²) in [7, 11) is 0. The van der Waals surface area contributed by atoms with Gasteiger partial charge in [0.2, 0.25) is 0 Å². The average Bonchev–Trinajstić information content (AvgIpc) is 2.35. The normalized spacial score (nSPS) is 11.9. The van der Waals surface area contributed by atoms with Gasteiger partial charge in [0.1, 0.15) is 6.04 Å². The van der Waals surface area contributed by atoms with Crippen molar-refractivity contribution in [2.24, 2.45) is 0 Å². The molecule has 1 aromatic carbocycles. The molecule has 0 saturated carbocycles. The molecule has 3 heteroatoms. The molecular weight excluding hydrogens is 210 g/mol. The predicted octanol–water partition coefficient (Wildman–Crippen LogP) is 2.32. The third-order valence-corrected chi connectivity index (χ3v) is 2.85. The highest BCUT2D eigenvalue weighted by Gasteiger charge is 2.13. The number of nitrogens with one attached hydrogen (secondary N) is 1. The molecule has 0 aromatic heterocycles. The summed E-state index contributed by atoms with van der Waals surface area (Å²) in [5, 5.41) is 12.3. The minimum atomic E-state index is -0.112. The number of nitriles is 1. The lowest BCUT2D eigenvalue weighted by molar-refractivity contribution is 0.605. The number of likely N-dealkylation sites (N-methyl/N-ethyl adjacent to an activating group) is 2. The molecule has 0 fully saturated rings. The first-order valence-corrected chi connectivity index (χ1v) is 6.16. The Morgan fingerprint density at radius 2 is 2.06 bits per heavy atom. The maximum Gasteiger partial charge on any atom is 0.113 e. The summed E-state index contributed by atoms with van der Waals surface area (Å²) in [6.45, 7) is 8.71. The van der Waals surface area contributed by atoms with Gasteiger partial charge in [0.25, 0.3) is 0 Å². The maximum atomic E-state index is 9.08. The number of hydrogen-bond acceptors (Lipinski definition) is 3. The van der Waals surface area contributed by atoms with Crippen molar-refractivity contribution in [2.75, 3.05) is 24.5 Å². The number of para-hydroxylation sites is 1. The minimum absolute atomic E-state index is 0.112. The van der Waals surface area contributed by atoms with Crippen molar-refractivity contribution in [3.8, 4) is 6.07 Å². The first kappa shape index (κ1) is 13.5. The van der Waals surface area contributed by atoms with Crippen LogP contribution in [0.5, 0.6) is 0 Å².